The average Bonchev–Trinajstić information content (AvgIpc) is 3.43. The van der Waals surface area contributed by atoms with Crippen LogP contribution in [0, 0.1) is 0 Å². The first-order valence-corrected chi connectivity index (χ1v) is 13.8. The highest BCUT2D eigenvalue weighted by atomic mass is 16.3. The van der Waals surface area contributed by atoms with Gasteiger partial charge in [-0.05, 0) is 40.1 Å². The van der Waals surface area contributed by atoms with Gasteiger partial charge in [-0.15, -0.1) is 0 Å². The van der Waals surface area contributed by atoms with Crippen molar-refractivity contribution in [3.05, 3.63) is 156 Å². The largest absolute Gasteiger partial charge is 0.456 e. The van der Waals surface area contributed by atoms with E-state index in [1.807, 2.05) is 36.4 Å². The number of nitrogens with one attached hydrogen (secondary N) is 1. The number of benzene rings is 6. The summed E-state index contributed by atoms with van der Waals surface area (Å²) in [5, 5.41) is 8.01. The summed E-state index contributed by atoms with van der Waals surface area (Å²) in [5.74, 6) is 1.57. The molecule has 4 heteroatoms. The van der Waals surface area contributed by atoms with Crippen LogP contribution in [0.5, 0.6) is 0 Å². The quantitative estimate of drug-likeness (QED) is 0.248. The Morgan fingerprint density at radius 3 is 2.07 bits per heavy atom. The van der Waals surface area contributed by atoms with Crippen molar-refractivity contribution in [3.63, 3.8) is 0 Å². The van der Waals surface area contributed by atoms with E-state index in [0.29, 0.717) is 0 Å². The van der Waals surface area contributed by atoms with E-state index in [9.17, 15) is 0 Å². The molecule has 0 aliphatic carbocycles. The van der Waals surface area contributed by atoms with Gasteiger partial charge in [0.2, 0.25) is 0 Å². The highest BCUT2D eigenvalue weighted by Crippen LogP contribution is 2.36. The Balaban J connectivity index is 1.34. The lowest BCUT2D eigenvalue weighted by Crippen LogP contribution is -2.36. The molecule has 6 aromatic carbocycles. The molecular weight excluding hydrogens is 502 g/mol. The highest BCUT2D eigenvalue weighted by molar-refractivity contribution is 6.23. The number of rotatable bonds is 4. The zero-order valence-corrected chi connectivity index (χ0v) is 22.2. The fourth-order valence-electron chi connectivity index (χ4n) is 5.78. The normalized spacial score (nSPS) is 15.1. The Labute approximate surface area is 237 Å². The third-order valence-electron chi connectivity index (χ3n) is 7.75. The second-order valence-electron chi connectivity index (χ2n) is 10.2. The number of hydrogen-bond acceptors (Lipinski definition) is 4. The molecule has 1 N–H and O–H groups in total. The minimum Gasteiger partial charge on any atom is -0.456 e. The molecule has 1 aliphatic heterocycles. The fourth-order valence-corrected chi connectivity index (χ4v) is 5.78. The minimum atomic E-state index is -0.402. The van der Waals surface area contributed by atoms with E-state index in [4.69, 9.17) is 14.4 Å². The van der Waals surface area contributed by atoms with Gasteiger partial charge in [0, 0.05) is 27.5 Å². The molecule has 7 aromatic rings. The number of aliphatic imine (C=N–C) groups is 2. The summed E-state index contributed by atoms with van der Waals surface area (Å²) in [6, 6.07) is 48.0. The van der Waals surface area contributed by atoms with Crippen LogP contribution in [-0.4, -0.2) is 11.7 Å². The first-order chi connectivity index (χ1) is 20.3. The van der Waals surface area contributed by atoms with Crippen molar-refractivity contribution in [1.29, 1.82) is 0 Å². The standard InChI is InChI=1S/C37H25N3O/c1-3-11-24(12-4-1)27-21-22-32-31(23-27)34-30(19-10-20-33(34)41-32)37-39-35(26-14-5-2-6-15-26)38-36(40-37)29-18-9-16-25-13-7-8-17-28(25)29/h1-23,36H,(H,38,39,40). The third kappa shape index (κ3) is 4.09. The lowest BCUT2D eigenvalue weighted by molar-refractivity contribution is 0.669. The van der Waals surface area contributed by atoms with E-state index in [0.717, 1.165) is 61.2 Å². The molecule has 0 fully saturated rings. The van der Waals surface area contributed by atoms with E-state index in [1.165, 1.54) is 10.9 Å². The molecule has 194 valence electrons. The molecule has 1 atom stereocenters. The number of fused-ring (bicyclic) bond motifs is 4. The Hall–Kier alpha value is -5.48. The molecule has 0 saturated carbocycles. The van der Waals surface area contributed by atoms with Gasteiger partial charge >= 0.3 is 0 Å². The van der Waals surface area contributed by atoms with Gasteiger partial charge in [0.1, 0.15) is 22.8 Å². The van der Waals surface area contributed by atoms with E-state index < -0.39 is 6.17 Å². The van der Waals surface area contributed by atoms with Gasteiger partial charge in [-0.2, -0.15) is 0 Å². The molecule has 8 rings (SSSR count). The highest BCUT2D eigenvalue weighted by Gasteiger charge is 2.24. The van der Waals surface area contributed by atoms with Crippen LogP contribution in [0.3, 0.4) is 0 Å². The van der Waals surface area contributed by atoms with Crippen LogP contribution in [0.15, 0.2) is 154 Å². The fraction of sp³-hybridized carbons (Fsp3) is 0.0270. The van der Waals surface area contributed by atoms with Crippen molar-refractivity contribution in [2.45, 2.75) is 6.17 Å². The van der Waals surface area contributed by atoms with E-state index >= 15 is 0 Å². The topological polar surface area (TPSA) is 49.9 Å². The molecular formula is C37H25N3O. The predicted molar refractivity (Wildman–Crippen MR) is 168 cm³/mol. The number of nitrogens with zero attached hydrogens (tertiary/aromatic N) is 2. The number of amidine groups is 2. The second-order valence-corrected chi connectivity index (χ2v) is 10.2. The summed E-state index contributed by atoms with van der Waals surface area (Å²) in [6.07, 6.45) is -0.402. The van der Waals surface area contributed by atoms with Crippen molar-refractivity contribution < 1.29 is 4.42 Å². The summed E-state index contributed by atoms with van der Waals surface area (Å²) in [5.41, 5.74) is 7.08. The zero-order chi connectivity index (χ0) is 27.2. The maximum atomic E-state index is 6.34. The van der Waals surface area contributed by atoms with Gasteiger partial charge < -0.3 is 9.73 Å². The molecule has 2 heterocycles. The number of hydrogen-bond donors (Lipinski definition) is 1. The molecule has 1 aromatic heterocycles. The minimum absolute atomic E-state index is 0.402. The van der Waals surface area contributed by atoms with Gasteiger partial charge in [0.15, 0.2) is 6.17 Å². The summed E-state index contributed by atoms with van der Waals surface area (Å²) >= 11 is 0. The molecule has 1 aliphatic rings. The van der Waals surface area contributed by atoms with E-state index in [2.05, 4.69) is 108 Å². The molecule has 0 spiro atoms. The summed E-state index contributed by atoms with van der Waals surface area (Å²) in [4.78, 5) is 10.4. The SMILES string of the molecule is c1ccc(C2=NC(c3cccc4ccccc34)N=C(c3cccc4oc5ccc(-c6ccccc6)cc5c34)N2)cc1. The van der Waals surface area contributed by atoms with Crippen molar-refractivity contribution in [2.75, 3.05) is 0 Å². The van der Waals surface area contributed by atoms with Gasteiger partial charge in [-0.1, -0.05) is 121 Å². The molecule has 0 bridgehead atoms. The van der Waals surface area contributed by atoms with Crippen LogP contribution in [0.1, 0.15) is 22.9 Å². The summed E-state index contributed by atoms with van der Waals surface area (Å²) in [7, 11) is 0. The van der Waals surface area contributed by atoms with Gasteiger partial charge in [-0.25, -0.2) is 9.98 Å². The number of furan rings is 1. The Bertz CT molecular complexity index is 2120. The lowest BCUT2D eigenvalue weighted by Gasteiger charge is -2.23. The van der Waals surface area contributed by atoms with Crippen LogP contribution >= 0.6 is 0 Å². The van der Waals surface area contributed by atoms with Crippen LogP contribution < -0.4 is 5.32 Å². The smallest absolute Gasteiger partial charge is 0.170 e. The first-order valence-electron chi connectivity index (χ1n) is 13.8. The van der Waals surface area contributed by atoms with Crippen LogP contribution in [0.2, 0.25) is 0 Å². The maximum absolute atomic E-state index is 6.34. The summed E-state index contributed by atoms with van der Waals surface area (Å²) < 4.78 is 6.34. The van der Waals surface area contributed by atoms with Crippen molar-refractivity contribution >= 4 is 44.4 Å². The molecule has 4 nitrogen and oxygen atoms in total. The molecule has 0 saturated heterocycles. The maximum Gasteiger partial charge on any atom is 0.170 e. The van der Waals surface area contributed by atoms with Crippen molar-refractivity contribution in [3.8, 4) is 11.1 Å². The van der Waals surface area contributed by atoms with Crippen molar-refractivity contribution in [2.24, 2.45) is 9.98 Å². The van der Waals surface area contributed by atoms with Crippen molar-refractivity contribution in [1.82, 2.24) is 5.32 Å². The second kappa shape index (κ2) is 9.61. The van der Waals surface area contributed by atoms with Crippen LogP contribution in [0.25, 0.3) is 43.8 Å². The Morgan fingerprint density at radius 1 is 0.512 bits per heavy atom. The summed E-state index contributed by atoms with van der Waals surface area (Å²) in [6.45, 7) is 0. The average molecular weight is 528 g/mol. The van der Waals surface area contributed by atoms with Crippen LogP contribution in [0.4, 0.5) is 0 Å². The first kappa shape index (κ1) is 23.4. The Kier molecular flexibility index (Phi) is 5.49. The molecule has 0 radical (unpaired) electrons. The zero-order valence-electron chi connectivity index (χ0n) is 22.2. The predicted octanol–water partition coefficient (Wildman–Crippen LogP) is 8.90. The monoisotopic (exact) mass is 527 g/mol. The van der Waals surface area contributed by atoms with Crippen LogP contribution in [-0.2, 0) is 0 Å². The Morgan fingerprint density at radius 2 is 1.22 bits per heavy atom. The lowest BCUT2D eigenvalue weighted by atomic mass is 9.99. The third-order valence-corrected chi connectivity index (χ3v) is 7.75. The van der Waals surface area contributed by atoms with E-state index in [-0.39, 0.29) is 0 Å². The van der Waals surface area contributed by atoms with Gasteiger partial charge in [0.25, 0.3) is 0 Å². The van der Waals surface area contributed by atoms with Gasteiger partial charge in [0.05, 0.1) is 0 Å². The molecule has 1 unspecified atom stereocenters. The van der Waals surface area contributed by atoms with Gasteiger partial charge in [-0.3, -0.25) is 0 Å². The molecule has 41 heavy (non-hydrogen) atoms. The molecule has 0 amide bonds. The van der Waals surface area contributed by atoms with E-state index in [1.54, 1.807) is 0 Å².